The molecule has 2 N–H and O–H groups in total. The standard InChI is InChI=1S/C6H5NO2S.CH5N/c8-7(9)5-3-1-2-4-6(5)10;1-2/h1-4,10H;2H2,1H3. The van der Waals surface area contributed by atoms with E-state index in [1.165, 1.54) is 13.1 Å². The van der Waals surface area contributed by atoms with E-state index in [-0.39, 0.29) is 5.69 Å². The summed E-state index contributed by atoms with van der Waals surface area (Å²) >= 11 is 3.90. The van der Waals surface area contributed by atoms with Crippen LogP contribution in [0.3, 0.4) is 0 Å². The zero-order valence-electron chi connectivity index (χ0n) is 6.60. The van der Waals surface area contributed by atoms with Crippen molar-refractivity contribution in [2.45, 2.75) is 4.90 Å². The lowest BCUT2D eigenvalue weighted by atomic mass is 10.3. The minimum absolute atomic E-state index is 0.0471. The van der Waals surface area contributed by atoms with Gasteiger partial charge in [-0.2, -0.15) is 0 Å². The fourth-order valence-electron chi connectivity index (χ4n) is 0.619. The summed E-state index contributed by atoms with van der Waals surface area (Å²) in [6.45, 7) is 0. The maximum atomic E-state index is 10.2. The summed E-state index contributed by atoms with van der Waals surface area (Å²) in [5, 5.41) is 10.2. The van der Waals surface area contributed by atoms with E-state index >= 15 is 0 Å². The summed E-state index contributed by atoms with van der Waals surface area (Å²) < 4.78 is 0. The molecule has 0 amide bonds. The van der Waals surface area contributed by atoms with Gasteiger partial charge >= 0.3 is 0 Å². The lowest BCUT2D eigenvalue weighted by Crippen LogP contribution is -1.87. The van der Waals surface area contributed by atoms with Crippen LogP contribution in [0.25, 0.3) is 0 Å². The molecule has 1 rings (SSSR count). The van der Waals surface area contributed by atoms with Gasteiger partial charge in [0.2, 0.25) is 0 Å². The summed E-state index contributed by atoms with van der Waals surface area (Å²) in [5.41, 5.74) is 4.55. The van der Waals surface area contributed by atoms with E-state index in [0.717, 1.165) is 0 Å². The molecular formula is C7H10N2O2S. The van der Waals surface area contributed by atoms with Crippen LogP contribution in [0.2, 0.25) is 0 Å². The summed E-state index contributed by atoms with van der Waals surface area (Å²) in [6.07, 6.45) is 0. The van der Waals surface area contributed by atoms with Gasteiger partial charge in [-0.15, -0.1) is 12.6 Å². The molecular weight excluding hydrogens is 176 g/mol. The Balaban J connectivity index is 0.000000561. The Morgan fingerprint density at radius 3 is 2.25 bits per heavy atom. The highest BCUT2D eigenvalue weighted by Gasteiger charge is 2.06. The second-order valence-corrected chi connectivity index (χ2v) is 2.23. The molecule has 0 aliphatic carbocycles. The number of thiol groups is 1. The van der Waals surface area contributed by atoms with E-state index in [9.17, 15) is 10.1 Å². The molecule has 0 saturated heterocycles. The second kappa shape index (κ2) is 5.56. The minimum atomic E-state index is -0.456. The number of nitrogens with two attached hydrogens (primary N) is 1. The molecule has 0 bridgehead atoms. The first-order valence-electron chi connectivity index (χ1n) is 3.22. The largest absolute Gasteiger partial charge is 0.333 e. The number of hydrogen-bond acceptors (Lipinski definition) is 4. The number of rotatable bonds is 1. The SMILES string of the molecule is CN.O=[N+]([O-])c1ccccc1S. The molecule has 0 fully saturated rings. The third-order valence-electron chi connectivity index (χ3n) is 1.08. The van der Waals surface area contributed by atoms with Crippen molar-refractivity contribution in [2.75, 3.05) is 7.05 Å². The third-order valence-corrected chi connectivity index (χ3v) is 1.46. The molecule has 0 aliphatic rings. The number of benzene rings is 1. The van der Waals surface area contributed by atoms with E-state index < -0.39 is 4.92 Å². The van der Waals surface area contributed by atoms with Crippen LogP contribution in [0.5, 0.6) is 0 Å². The molecule has 5 heteroatoms. The minimum Gasteiger partial charge on any atom is -0.333 e. The number of nitrogens with zero attached hydrogens (tertiary/aromatic N) is 1. The summed E-state index contributed by atoms with van der Waals surface area (Å²) in [5.74, 6) is 0. The van der Waals surface area contributed by atoms with E-state index in [0.29, 0.717) is 4.90 Å². The van der Waals surface area contributed by atoms with Gasteiger partial charge < -0.3 is 5.73 Å². The predicted molar refractivity (Wildman–Crippen MR) is 50.5 cm³/mol. The van der Waals surface area contributed by atoms with Gasteiger partial charge in [0.1, 0.15) is 0 Å². The van der Waals surface area contributed by atoms with Crippen molar-refractivity contribution < 1.29 is 4.92 Å². The molecule has 1 aromatic rings. The predicted octanol–water partition coefficient (Wildman–Crippen LogP) is 1.46. The average molecular weight is 186 g/mol. The molecule has 0 aliphatic heterocycles. The molecule has 0 saturated carbocycles. The maximum Gasteiger partial charge on any atom is 0.282 e. The number of hydrogen-bond donors (Lipinski definition) is 2. The van der Waals surface area contributed by atoms with E-state index in [2.05, 4.69) is 18.4 Å². The Bertz CT molecular complexity index is 265. The molecule has 0 spiro atoms. The van der Waals surface area contributed by atoms with Gasteiger partial charge in [-0.3, -0.25) is 10.1 Å². The second-order valence-electron chi connectivity index (χ2n) is 1.75. The zero-order valence-corrected chi connectivity index (χ0v) is 7.49. The summed E-state index contributed by atoms with van der Waals surface area (Å²) in [4.78, 5) is 10.1. The van der Waals surface area contributed by atoms with Gasteiger partial charge in [0, 0.05) is 6.07 Å². The molecule has 0 heterocycles. The van der Waals surface area contributed by atoms with Crippen molar-refractivity contribution in [1.82, 2.24) is 0 Å². The topological polar surface area (TPSA) is 69.2 Å². The monoisotopic (exact) mass is 186 g/mol. The van der Waals surface area contributed by atoms with Crippen LogP contribution >= 0.6 is 12.6 Å². The Hall–Kier alpha value is -1.07. The van der Waals surface area contributed by atoms with Crippen LogP contribution in [0.15, 0.2) is 29.2 Å². The van der Waals surface area contributed by atoms with Crippen LogP contribution in [0, 0.1) is 10.1 Å². The highest BCUT2D eigenvalue weighted by Crippen LogP contribution is 2.20. The smallest absolute Gasteiger partial charge is 0.282 e. The molecule has 0 unspecified atom stereocenters. The molecule has 0 atom stereocenters. The first-order valence-corrected chi connectivity index (χ1v) is 3.66. The van der Waals surface area contributed by atoms with Crippen molar-refractivity contribution in [1.29, 1.82) is 0 Å². The van der Waals surface area contributed by atoms with E-state index in [1.54, 1.807) is 18.2 Å². The van der Waals surface area contributed by atoms with E-state index in [1.807, 2.05) is 0 Å². The lowest BCUT2D eigenvalue weighted by molar-refractivity contribution is -0.387. The van der Waals surface area contributed by atoms with Crippen molar-refractivity contribution in [2.24, 2.45) is 5.73 Å². The number of nitro benzene ring substituents is 1. The van der Waals surface area contributed by atoms with Crippen LogP contribution in [-0.4, -0.2) is 12.0 Å². The Morgan fingerprint density at radius 1 is 1.42 bits per heavy atom. The first-order chi connectivity index (χ1) is 5.72. The van der Waals surface area contributed by atoms with Gasteiger partial charge in [0.05, 0.1) is 9.82 Å². The highest BCUT2D eigenvalue weighted by molar-refractivity contribution is 7.80. The van der Waals surface area contributed by atoms with Crippen LogP contribution in [0.1, 0.15) is 0 Å². The number of nitro groups is 1. The van der Waals surface area contributed by atoms with Gasteiger partial charge in [0.15, 0.2) is 0 Å². The fraction of sp³-hybridized carbons (Fsp3) is 0.143. The van der Waals surface area contributed by atoms with Crippen molar-refractivity contribution in [3.63, 3.8) is 0 Å². The summed E-state index contributed by atoms with van der Waals surface area (Å²) in [7, 11) is 1.50. The van der Waals surface area contributed by atoms with Crippen molar-refractivity contribution in [3.8, 4) is 0 Å². The highest BCUT2D eigenvalue weighted by atomic mass is 32.1. The Labute approximate surface area is 76.0 Å². The third kappa shape index (κ3) is 2.89. The zero-order chi connectivity index (χ0) is 9.56. The molecule has 1 aromatic carbocycles. The van der Waals surface area contributed by atoms with Gasteiger partial charge in [-0.1, -0.05) is 12.1 Å². The Kier molecular flexibility index (Phi) is 5.07. The van der Waals surface area contributed by atoms with Gasteiger partial charge in [0.25, 0.3) is 5.69 Å². The van der Waals surface area contributed by atoms with E-state index in [4.69, 9.17) is 0 Å². The van der Waals surface area contributed by atoms with Crippen molar-refractivity contribution in [3.05, 3.63) is 34.4 Å². The normalized spacial score (nSPS) is 8.25. The fourth-order valence-corrected chi connectivity index (χ4v) is 0.861. The molecule has 0 radical (unpaired) electrons. The number of para-hydroxylation sites is 1. The van der Waals surface area contributed by atoms with Gasteiger partial charge in [-0.05, 0) is 13.1 Å². The van der Waals surface area contributed by atoms with Crippen LogP contribution < -0.4 is 5.73 Å². The van der Waals surface area contributed by atoms with Gasteiger partial charge in [-0.25, -0.2) is 0 Å². The maximum absolute atomic E-state index is 10.2. The Morgan fingerprint density at radius 2 is 1.92 bits per heavy atom. The first kappa shape index (κ1) is 10.9. The van der Waals surface area contributed by atoms with Crippen molar-refractivity contribution >= 4 is 18.3 Å². The molecule has 12 heavy (non-hydrogen) atoms. The summed E-state index contributed by atoms with van der Waals surface area (Å²) in [6, 6.07) is 6.32. The molecule has 0 aromatic heterocycles. The van der Waals surface area contributed by atoms with Crippen LogP contribution in [-0.2, 0) is 0 Å². The quantitative estimate of drug-likeness (QED) is 0.396. The molecule has 4 nitrogen and oxygen atoms in total. The average Bonchev–Trinajstić information content (AvgIpc) is 2.08. The molecule has 66 valence electrons. The lowest BCUT2D eigenvalue weighted by Gasteiger charge is -1.91. The van der Waals surface area contributed by atoms with Crippen LogP contribution in [0.4, 0.5) is 5.69 Å².